The second kappa shape index (κ2) is 7.24. The number of hydrogen-bond acceptors (Lipinski definition) is 3. The van der Waals surface area contributed by atoms with Crippen LogP contribution in [0.4, 0.5) is 4.79 Å². The average molecular weight is 258 g/mol. The van der Waals surface area contributed by atoms with Crippen molar-refractivity contribution in [3.05, 3.63) is 0 Å². The fourth-order valence-corrected chi connectivity index (χ4v) is 1.32. The lowest BCUT2D eigenvalue weighted by Gasteiger charge is -2.20. The van der Waals surface area contributed by atoms with Crippen LogP contribution in [0.25, 0.3) is 0 Å². The lowest BCUT2D eigenvalue weighted by atomic mass is 10.0. The first-order valence-electron chi connectivity index (χ1n) is 6.29. The van der Waals surface area contributed by atoms with Crippen LogP contribution in [0.15, 0.2) is 0 Å². The highest BCUT2D eigenvalue weighted by molar-refractivity contribution is 5.75. The van der Waals surface area contributed by atoms with Crippen LogP contribution in [0.2, 0.25) is 0 Å². The van der Waals surface area contributed by atoms with Gasteiger partial charge < -0.3 is 15.0 Å². The molecule has 0 aliphatic rings. The first-order chi connectivity index (χ1) is 8.11. The van der Waals surface area contributed by atoms with Gasteiger partial charge in [-0.2, -0.15) is 0 Å². The summed E-state index contributed by atoms with van der Waals surface area (Å²) in [4.78, 5) is 24.4. The molecule has 0 fully saturated rings. The van der Waals surface area contributed by atoms with Crippen molar-refractivity contribution in [2.75, 3.05) is 20.6 Å². The van der Waals surface area contributed by atoms with Crippen molar-refractivity contribution < 1.29 is 14.3 Å². The molecule has 0 aromatic carbocycles. The van der Waals surface area contributed by atoms with Crippen molar-refractivity contribution in [1.82, 2.24) is 10.2 Å². The lowest BCUT2D eigenvalue weighted by molar-refractivity contribution is -0.129. The highest BCUT2D eigenvalue weighted by atomic mass is 16.6. The van der Waals surface area contributed by atoms with Crippen LogP contribution in [0, 0.1) is 5.92 Å². The SMILES string of the molecule is C[C@H](CCNC(=O)OC(C)(C)C)CC(=O)N(C)C. The molecule has 5 heteroatoms. The molecule has 1 N–H and O–H groups in total. The molecule has 0 spiro atoms. The third-order valence-corrected chi connectivity index (χ3v) is 2.33. The number of amides is 2. The fraction of sp³-hybridized carbons (Fsp3) is 0.846. The van der Waals surface area contributed by atoms with Crippen molar-refractivity contribution in [3.8, 4) is 0 Å². The molecule has 0 unspecified atom stereocenters. The summed E-state index contributed by atoms with van der Waals surface area (Å²) < 4.78 is 5.11. The van der Waals surface area contributed by atoms with Crippen LogP contribution in [-0.4, -0.2) is 43.1 Å². The molecule has 2 amide bonds. The standard InChI is InChI=1S/C13H26N2O3/c1-10(9-11(16)15(5)6)7-8-14-12(17)18-13(2,3)4/h10H,7-9H2,1-6H3,(H,14,17)/t10-/m1/s1. The minimum Gasteiger partial charge on any atom is -0.444 e. The van der Waals surface area contributed by atoms with Crippen molar-refractivity contribution >= 4 is 12.0 Å². The molecule has 0 aromatic rings. The van der Waals surface area contributed by atoms with Gasteiger partial charge >= 0.3 is 6.09 Å². The topological polar surface area (TPSA) is 58.6 Å². The number of nitrogens with zero attached hydrogens (tertiary/aromatic N) is 1. The highest BCUT2D eigenvalue weighted by Crippen LogP contribution is 2.09. The highest BCUT2D eigenvalue weighted by Gasteiger charge is 2.16. The molecule has 0 rings (SSSR count). The summed E-state index contributed by atoms with van der Waals surface area (Å²) in [5, 5.41) is 2.69. The Balaban J connectivity index is 3.78. The first-order valence-corrected chi connectivity index (χ1v) is 6.29. The summed E-state index contributed by atoms with van der Waals surface area (Å²) in [6, 6.07) is 0. The van der Waals surface area contributed by atoms with Crippen LogP contribution in [0.3, 0.4) is 0 Å². The molecule has 0 saturated carbocycles. The van der Waals surface area contributed by atoms with Gasteiger partial charge in [0.05, 0.1) is 0 Å². The average Bonchev–Trinajstić information content (AvgIpc) is 2.14. The maximum absolute atomic E-state index is 11.5. The molecule has 0 heterocycles. The van der Waals surface area contributed by atoms with E-state index in [0.29, 0.717) is 13.0 Å². The van der Waals surface area contributed by atoms with E-state index in [1.807, 2.05) is 27.7 Å². The Morgan fingerprint density at radius 3 is 2.28 bits per heavy atom. The van der Waals surface area contributed by atoms with E-state index in [2.05, 4.69) is 5.32 Å². The largest absolute Gasteiger partial charge is 0.444 e. The number of ether oxygens (including phenoxy) is 1. The van der Waals surface area contributed by atoms with Crippen LogP contribution >= 0.6 is 0 Å². The fourth-order valence-electron chi connectivity index (χ4n) is 1.32. The van der Waals surface area contributed by atoms with Crippen LogP contribution in [0.1, 0.15) is 40.5 Å². The van der Waals surface area contributed by atoms with Crippen LogP contribution in [-0.2, 0) is 9.53 Å². The summed E-state index contributed by atoms with van der Waals surface area (Å²) in [5.74, 6) is 0.356. The van der Waals surface area contributed by atoms with Crippen molar-refractivity contribution in [3.63, 3.8) is 0 Å². The van der Waals surface area contributed by atoms with E-state index >= 15 is 0 Å². The molecule has 0 aliphatic heterocycles. The predicted molar refractivity (Wildman–Crippen MR) is 71.3 cm³/mol. The molecule has 0 radical (unpaired) electrons. The van der Waals surface area contributed by atoms with Crippen LogP contribution in [0.5, 0.6) is 0 Å². The van der Waals surface area contributed by atoms with E-state index in [1.165, 1.54) is 0 Å². The Morgan fingerprint density at radius 2 is 1.83 bits per heavy atom. The van der Waals surface area contributed by atoms with Gasteiger partial charge in [0.25, 0.3) is 0 Å². The number of hydrogen-bond donors (Lipinski definition) is 1. The van der Waals surface area contributed by atoms with Gasteiger partial charge in [0, 0.05) is 27.1 Å². The number of rotatable bonds is 5. The minimum absolute atomic E-state index is 0.111. The van der Waals surface area contributed by atoms with Gasteiger partial charge in [0.15, 0.2) is 0 Å². The van der Waals surface area contributed by atoms with Gasteiger partial charge in [-0.15, -0.1) is 0 Å². The molecule has 0 aromatic heterocycles. The zero-order valence-electron chi connectivity index (χ0n) is 12.4. The predicted octanol–water partition coefficient (Wildman–Crippen LogP) is 2.02. The van der Waals surface area contributed by atoms with E-state index in [9.17, 15) is 9.59 Å². The molecular weight excluding hydrogens is 232 g/mol. The minimum atomic E-state index is -0.476. The Morgan fingerprint density at radius 1 is 1.28 bits per heavy atom. The molecular formula is C13H26N2O3. The summed E-state index contributed by atoms with van der Waals surface area (Å²) in [5.41, 5.74) is -0.476. The first kappa shape index (κ1) is 16.7. The normalized spacial score (nSPS) is 12.8. The second-order valence-corrected chi connectivity index (χ2v) is 5.81. The van der Waals surface area contributed by atoms with E-state index in [0.717, 1.165) is 6.42 Å². The van der Waals surface area contributed by atoms with E-state index in [1.54, 1.807) is 19.0 Å². The van der Waals surface area contributed by atoms with Gasteiger partial charge in [0.2, 0.25) is 5.91 Å². The summed E-state index contributed by atoms with van der Waals surface area (Å²) in [7, 11) is 3.49. The zero-order valence-corrected chi connectivity index (χ0v) is 12.4. The Labute approximate surface area is 110 Å². The number of carbonyl (C=O) groups is 2. The monoisotopic (exact) mass is 258 g/mol. The zero-order chi connectivity index (χ0) is 14.3. The second-order valence-electron chi connectivity index (χ2n) is 5.81. The molecule has 0 bridgehead atoms. The van der Waals surface area contributed by atoms with E-state index in [-0.39, 0.29) is 11.8 Å². The Kier molecular flexibility index (Phi) is 6.73. The Hall–Kier alpha value is -1.26. The molecule has 0 aliphatic carbocycles. The Bertz CT molecular complexity index is 282. The van der Waals surface area contributed by atoms with Gasteiger partial charge in [-0.1, -0.05) is 6.92 Å². The van der Waals surface area contributed by atoms with Gasteiger partial charge in [-0.25, -0.2) is 4.79 Å². The number of alkyl carbamates (subject to hydrolysis) is 1. The maximum Gasteiger partial charge on any atom is 0.407 e. The quantitative estimate of drug-likeness (QED) is 0.820. The van der Waals surface area contributed by atoms with Gasteiger partial charge in [0.1, 0.15) is 5.60 Å². The molecule has 1 atom stereocenters. The molecule has 5 nitrogen and oxygen atoms in total. The van der Waals surface area contributed by atoms with Crippen molar-refractivity contribution in [1.29, 1.82) is 0 Å². The van der Waals surface area contributed by atoms with Crippen molar-refractivity contribution in [2.24, 2.45) is 5.92 Å². The lowest BCUT2D eigenvalue weighted by Crippen LogP contribution is -2.33. The molecule has 106 valence electrons. The smallest absolute Gasteiger partial charge is 0.407 e. The molecule has 18 heavy (non-hydrogen) atoms. The van der Waals surface area contributed by atoms with Gasteiger partial charge in [-0.05, 0) is 33.1 Å². The summed E-state index contributed by atoms with van der Waals surface area (Å²) in [6.45, 7) is 8.00. The van der Waals surface area contributed by atoms with Crippen molar-refractivity contribution in [2.45, 2.75) is 46.1 Å². The van der Waals surface area contributed by atoms with E-state index in [4.69, 9.17) is 4.74 Å². The summed E-state index contributed by atoms with van der Waals surface area (Å²) in [6.07, 6.45) is 0.857. The third-order valence-electron chi connectivity index (χ3n) is 2.33. The molecule has 0 saturated heterocycles. The van der Waals surface area contributed by atoms with Crippen LogP contribution < -0.4 is 5.32 Å². The summed E-state index contributed by atoms with van der Waals surface area (Å²) >= 11 is 0. The van der Waals surface area contributed by atoms with Gasteiger partial charge in [-0.3, -0.25) is 4.79 Å². The van der Waals surface area contributed by atoms with E-state index < -0.39 is 11.7 Å². The maximum atomic E-state index is 11.5. The number of nitrogens with one attached hydrogen (secondary N) is 1. The third kappa shape index (κ3) is 8.84. The number of carbonyl (C=O) groups excluding carboxylic acids is 2.